The largest absolute Gasteiger partial charge is 0.541 e. The Bertz CT molecular complexity index is 718. The first-order chi connectivity index (χ1) is 11.3. The Morgan fingerprint density at radius 2 is 1.79 bits per heavy atom. The third kappa shape index (κ3) is 4.77. The molecule has 0 aliphatic rings. The van der Waals surface area contributed by atoms with Crippen LogP contribution in [-0.4, -0.2) is 19.9 Å². The molecule has 2 nitrogen and oxygen atoms in total. The Kier molecular flexibility index (Phi) is 6.35. The van der Waals surface area contributed by atoms with Gasteiger partial charge >= 0.3 is 0 Å². The molecule has 0 aliphatic carbocycles. The third-order valence-electron chi connectivity index (χ3n) is 3.86. The fourth-order valence-electron chi connectivity index (χ4n) is 2.47. The van der Waals surface area contributed by atoms with Crippen molar-refractivity contribution in [3.05, 3.63) is 64.1 Å². The van der Waals surface area contributed by atoms with Crippen LogP contribution in [0.2, 0.25) is 13.1 Å². The van der Waals surface area contributed by atoms with Crippen LogP contribution < -0.4 is 4.43 Å². The molecule has 0 amide bonds. The Labute approximate surface area is 152 Å². The maximum absolute atomic E-state index is 14.3. The highest BCUT2D eigenvalue weighted by atomic mass is 79.9. The summed E-state index contributed by atoms with van der Waals surface area (Å²) < 4.78 is 21.1. The number of benzene rings is 2. The quantitative estimate of drug-likeness (QED) is 0.418. The molecule has 2 aromatic carbocycles. The van der Waals surface area contributed by atoms with E-state index in [1.54, 1.807) is 36.4 Å². The minimum atomic E-state index is -2.50. The number of hydrogen-bond donors (Lipinski definition) is 0. The van der Waals surface area contributed by atoms with E-state index in [1.807, 2.05) is 32.2 Å². The van der Waals surface area contributed by atoms with Gasteiger partial charge in [0.1, 0.15) is 11.5 Å². The van der Waals surface area contributed by atoms with Crippen LogP contribution in [-0.2, 0) is 0 Å². The van der Waals surface area contributed by atoms with Crippen LogP contribution >= 0.6 is 15.9 Å². The second-order valence-electron chi connectivity index (χ2n) is 6.33. The summed E-state index contributed by atoms with van der Waals surface area (Å²) in [6, 6.07) is 14.3. The average molecular weight is 409 g/mol. The molecule has 0 bridgehead atoms. The number of carbonyl (C=O) groups is 1. The van der Waals surface area contributed by atoms with Crippen molar-refractivity contribution >= 4 is 30.0 Å². The number of ketones is 1. The van der Waals surface area contributed by atoms with Crippen molar-refractivity contribution in [1.82, 2.24) is 0 Å². The van der Waals surface area contributed by atoms with E-state index in [9.17, 15) is 9.18 Å². The molecular weight excluding hydrogens is 387 g/mol. The fraction of sp³-hybridized carbons (Fsp3) is 0.316. The van der Waals surface area contributed by atoms with Crippen LogP contribution in [0.25, 0.3) is 0 Å². The molecule has 2 rings (SSSR count). The van der Waals surface area contributed by atoms with Crippen molar-refractivity contribution in [1.29, 1.82) is 0 Å². The Morgan fingerprint density at radius 3 is 2.42 bits per heavy atom. The van der Waals surface area contributed by atoms with Gasteiger partial charge in [0.05, 0.1) is 0 Å². The van der Waals surface area contributed by atoms with Gasteiger partial charge in [-0.25, -0.2) is 4.39 Å². The van der Waals surface area contributed by atoms with E-state index in [2.05, 4.69) is 15.9 Å². The van der Waals surface area contributed by atoms with Crippen LogP contribution in [0, 0.1) is 0 Å². The van der Waals surface area contributed by atoms with Crippen molar-refractivity contribution in [2.45, 2.75) is 38.7 Å². The van der Waals surface area contributed by atoms with Crippen LogP contribution in [0.1, 0.15) is 35.7 Å². The maximum Gasteiger partial charge on any atom is 0.278 e. The van der Waals surface area contributed by atoms with Gasteiger partial charge in [0.2, 0.25) is 0 Å². The van der Waals surface area contributed by atoms with Gasteiger partial charge in [-0.05, 0) is 43.8 Å². The standard InChI is InChI=1S/C19H22BrFO2Si/c1-4-7-18(21)24(2,3)23-17-11-6-9-15(13-17)19(22)14-8-5-10-16(20)12-14/h5-6,8-13,18H,4,7H2,1-3H3. The molecule has 0 radical (unpaired) electrons. The summed E-state index contributed by atoms with van der Waals surface area (Å²) >= 11 is 3.37. The van der Waals surface area contributed by atoms with Crippen molar-refractivity contribution in [2.24, 2.45) is 0 Å². The SMILES string of the molecule is CCCC(F)[Si](C)(C)Oc1cccc(C(=O)c2cccc(Br)c2)c1. The predicted octanol–water partition coefficient (Wildman–Crippen LogP) is 5.94. The van der Waals surface area contributed by atoms with Gasteiger partial charge in [0.25, 0.3) is 8.32 Å². The molecule has 0 aliphatic heterocycles. The molecule has 1 unspecified atom stereocenters. The van der Waals surface area contributed by atoms with E-state index in [-0.39, 0.29) is 5.78 Å². The Morgan fingerprint density at radius 1 is 1.17 bits per heavy atom. The van der Waals surface area contributed by atoms with Gasteiger partial charge in [0.15, 0.2) is 5.78 Å². The molecule has 0 fully saturated rings. The molecule has 5 heteroatoms. The lowest BCUT2D eigenvalue weighted by atomic mass is 10.0. The normalized spacial score (nSPS) is 12.7. The van der Waals surface area contributed by atoms with Gasteiger partial charge in [-0.15, -0.1) is 0 Å². The summed E-state index contributed by atoms with van der Waals surface area (Å²) in [5, 5.41) is 0. The minimum absolute atomic E-state index is 0.0772. The van der Waals surface area contributed by atoms with Crippen LogP contribution in [0.4, 0.5) is 4.39 Å². The number of hydrogen-bond acceptors (Lipinski definition) is 2. The lowest BCUT2D eigenvalue weighted by molar-refractivity contribution is 0.103. The molecule has 0 spiro atoms. The Balaban J connectivity index is 2.21. The summed E-state index contributed by atoms with van der Waals surface area (Å²) in [5.74, 6) is -0.440. The summed E-state index contributed by atoms with van der Waals surface area (Å²) in [5.41, 5.74) is 1.15. The highest BCUT2D eigenvalue weighted by molar-refractivity contribution is 9.10. The van der Waals surface area contributed by atoms with Gasteiger partial charge in [-0.1, -0.05) is 53.5 Å². The lowest BCUT2D eigenvalue weighted by Crippen LogP contribution is -2.45. The summed E-state index contributed by atoms with van der Waals surface area (Å²) in [4.78, 5) is 12.6. The van der Waals surface area contributed by atoms with Crippen LogP contribution in [0.5, 0.6) is 5.75 Å². The monoisotopic (exact) mass is 408 g/mol. The highest BCUT2D eigenvalue weighted by Crippen LogP contribution is 2.24. The van der Waals surface area contributed by atoms with Gasteiger partial charge < -0.3 is 4.43 Å². The topological polar surface area (TPSA) is 26.3 Å². The lowest BCUT2D eigenvalue weighted by Gasteiger charge is -2.27. The molecule has 24 heavy (non-hydrogen) atoms. The first-order valence-corrected chi connectivity index (χ1v) is 11.8. The first kappa shape index (κ1) is 18.9. The van der Waals surface area contributed by atoms with Gasteiger partial charge in [-0.2, -0.15) is 0 Å². The van der Waals surface area contributed by atoms with Crippen LogP contribution in [0.15, 0.2) is 53.0 Å². The number of carbonyl (C=O) groups excluding carboxylic acids is 1. The summed E-state index contributed by atoms with van der Waals surface area (Å²) in [6.45, 7) is 5.71. The zero-order valence-electron chi connectivity index (χ0n) is 14.2. The second kappa shape index (κ2) is 8.08. The number of alkyl halides is 1. The summed E-state index contributed by atoms with van der Waals surface area (Å²) in [6.07, 6.45) is 1.30. The van der Waals surface area contributed by atoms with E-state index in [1.165, 1.54) is 0 Å². The van der Waals surface area contributed by atoms with Crippen molar-refractivity contribution in [3.63, 3.8) is 0 Å². The molecule has 0 N–H and O–H groups in total. The van der Waals surface area contributed by atoms with Crippen molar-refractivity contribution in [2.75, 3.05) is 0 Å². The van der Waals surface area contributed by atoms with Gasteiger partial charge in [0, 0.05) is 15.6 Å². The van der Waals surface area contributed by atoms with Crippen LogP contribution in [0.3, 0.4) is 0 Å². The zero-order valence-corrected chi connectivity index (χ0v) is 16.8. The first-order valence-electron chi connectivity index (χ1n) is 8.07. The number of halogens is 2. The van der Waals surface area contributed by atoms with E-state index < -0.39 is 14.1 Å². The second-order valence-corrected chi connectivity index (χ2v) is 11.3. The summed E-state index contributed by atoms with van der Waals surface area (Å²) in [7, 11) is -2.50. The van der Waals surface area contributed by atoms with E-state index in [0.717, 1.165) is 10.9 Å². The predicted molar refractivity (Wildman–Crippen MR) is 102 cm³/mol. The number of rotatable bonds is 7. The average Bonchev–Trinajstić information content (AvgIpc) is 2.54. The van der Waals surface area contributed by atoms with E-state index >= 15 is 0 Å². The van der Waals surface area contributed by atoms with E-state index in [4.69, 9.17) is 4.43 Å². The molecule has 0 aromatic heterocycles. The molecule has 128 valence electrons. The minimum Gasteiger partial charge on any atom is -0.541 e. The molecule has 0 saturated carbocycles. The molecule has 0 saturated heterocycles. The fourth-order valence-corrected chi connectivity index (χ4v) is 4.71. The third-order valence-corrected chi connectivity index (χ3v) is 6.91. The molecule has 2 aromatic rings. The van der Waals surface area contributed by atoms with Gasteiger partial charge in [-0.3, -0.25) is 4.79 Å². The smallest absolute Gasteiger partial charge is 0.278 e. The molecule has 1 atom stereocenters. The zero-order chi connectivity index (χ0) is 17.7. The van der Waals surface area contributed by atoms with Crippen molar-refractivity contribution in [3.8, 4) is 5.75 Å². The molecule has 0 heterocycles. The van der Waals surface area contributed by atoms with E-state index in [0.29, 0.717) is 23.3 Å². The highest BCUT2D eigenvalue weighted by Gasteiger charge is 2.35. The molecular formula is C19H22BrFO2Si. The van der Waals surface area contributed by atoms with Crippen molar-refractivity contribution < 1.29 is 13.6 Å². The Hall–Kier alpha value is -1.46. The maximum atomic E-state index is 14.3.